The number of hydrogen-bond acceptors (Lipinski definition) is 2. The molecule has 1 unspecified atom stereocenters. The average Bonchev–Trinajstić information content (AvgIpc) is 3.13. The standard InChI is InChI=1S/C18H25ClN4O/c1-12-15(16-10-13(19)4-5-17(16)21-12)6-8-20-18(24)23-9-7-14(11-23)22(2)3/h4-5,10,14,21H,6-9,11H2,1-3H3,(H,20,24). The Morgan fingerprint density at radius 3 is 2.96 bits per heavy atom. The van der Waals surface area contributed by atoms with Crippen LogP contribution in [0.5, 0.6) is 0 Å². The van der Waals surface area contributed by atoms with E-state index in [1.54, 1.807) is 0 Å². The molecule has 1 atom stereocenters. The van der Waals surface area contributed by atoms with Crippen LogP contribution >= 0.6 is 11.6 Å². The number of likely N-dealkylation sites (N-methyl/N-ethyl adjacent to an activating group) is 1. The van der Waals surface area contributed by atoms with E-state index < -0.39 is 0 Å². The maximum absolute atomic E-state index is 12.3. The Labute approximate surface area is 148 Å². The number of nitrogens with one attached hydrogen (secondary N) is 2. The zero-order chi connectivity index (χ0) is 17.3. The van der Waals surface area contributed by atoms with Gasteiger partial charge in [-0.15, -0.1) is 0 Å². The highest BCUT2D eigenvalue weighted by molar-refractivity contribution is 6.31. The van der Waals surface area contributed by atoms with Gasteiger partial charge in [0.1, 0.15) is 0 Å². The van der Waals surface area contributed by atoms with E-state index in [-0.39, 0.29) is 6.03 Å². The first kappa shape index (κ1) is 17.1. The first-order chi connectivity index (χ1) is 11.5. The SMILES string of the molecule is Cc1[nH]c2ccc(Cl)cc2c1CCNC(=O)N1CCC(N(C)C)C1. The van der Waals surface area contributed by atoms with Crippen molar-refractivity contribution in [1.29, 1.82) is 0 Å². The fourth-order valence-corrected chi connectivity index (χ4v) is 3.60. The molecular weight excluding hydrogens is 324 g/mol. The van der Waals surface area contributed by atoms with Gasteiger partial charge in [-0.2, -0.15) is 0 Å². The van der Waals surface area contributed by atoms with Gasteiger partial charge < -0.3 is 20.1 Å². The predicted octanol–water partition coefficient (Wildman–Crippen LogP) is 3.02. The molecule has 2 heterocycles. The molecular formula is C18H25ClN4O. The molecule has 2 N–H and O–H groups in total. The molecule has 0 radical (unpaired) electrons. The summed E-state index contributed by atoms with van der Waals surface area (Å²) in [4.78, 5) is 19.8. The topological polar surface area (TPSA) is 51.4 Å². The third-order valence-electron chi connectivity index (χ3n) is 4.91. The lowest BCUT2D eigenvalue weighted by Crippen LogP contribution is -2.41. The molecule has 1 aliphatic rings. The summed E-state index contributed by atoms with van der Waals surface area (Å²) in [5.74, 6) is 0. The predicted molar refractivity (Wildman–Crippen MR) is 98.8 cm³/mol. The van der Waals surface area contributed by atoms with Crippen LogP contribution in [0.1, 0.15) is 17.7 Å². The van der Waals surface area contributed by atoms with Crippen molar-refractivity contribution in [2.75, 3.05) is 33.7 Å². The smallest absolute Gasteiger partial charge is 0.317 e. The van der Waals surface area contributed by atoms with Gasteiger partial charge in [-0.05, 0) is 57.6 Å². The lowest BCUT2D eigenvalue weighted by Gasteiger charge is -2.20. The third kappa shape index (κ3) is 3.52. The highest BCUT2D eigenvalue weighted by atomic mass is 35.5. The molecule has 1 aliphatic heterocycles. The summed E-state index contributed by atoms with van der Waals surface area (Å²) in [6.45, 7) is 4.33. The highest BCUT2D eigenvalue weighted by Gasteiger charge is 2.27. The zero-order valence-electron chi connectivity index (χ0n) is 14.5. The van der Waals surface area contributed by atoms with E-state index in [4.69, 9.17) is 11.6 Å². The molecule has 6 heteroatoms. The number of rotatable bonds is 4. The van der Waals surface area contributed by atoms with Crippen molar-refractivity contribution in [3.63, 3.8) is 0 Å². The Morgan fingerprint density at radius 2 is 2.25 bits per heavy atom. The number of H-pyrrole nitrogens is 1. The van der Waals surface area contributed by atoms with Crippen LogP contribution < -0.4 is 5.32 Å². The molecule has 0 spiro atoms. The number of aryl methyl sites for hydroxylation is 1. The van der Waals surface area contributed by atoms with Crippen LogP contribution in [-0.2, 0) is 6.42 Å². The molecule has 1 fully saturated rings. The number of amides is 2. The first-order valence-corrected chi connectivity index (χ1v) is 8.79. The Bertz CT molecular complexity index is 740. The molecule has 24 heavy (non-hydrogen) atoms. The van der Waals surface area contributed by atoms with E-state index >= 15 is 0 Å². The molecule has 0 saturated carbocycles. The van der Waals surface area contributed by atoms with E-state index in [0.29, 0.717) is 12.6 Å². The fourth-order valence-electron chi connectivity index (χ4n) is 3.43. The van der Waals surface area contributed by atoms with E-state index in [1.807, 2.05) is 23.1 Å². The van der Waals surface area contributed by atoms with Crippen molar-refractivity contribution in [2.24, 2.45) is 0 Å². The van der Waals surface area contributed by atoms with Gasteiger partial charge in [0.15, 0.2) is 0 Å². The number of hydrogen-bond donors (Lipinski definition) is 2. The molecule has 1 aromatic heterocycles. The number of aromatic amines is 1. The summed E-state index contributed by atoms with van der Waals surface area (Å²) < 4.78 is 0. The van der Waals surface area contributed by atoms with Gasteiger partial charge in [0.2, 0.25) is 0 Å². The summed E-state index contributed by atoms with van der Waals surface area (Å²) >= 11 is 6.12. The Kier molecular flexibility index (Phi) is 5.01. The number of fused-ring (bicyclic) bond motifs is 1. The van der Waals surface area contributed by atoms with Gasteiger partial charge in [0.05, 0.1) is 0 Å². The fraction of sp³-hybridized carbons (Fsp3) is 0.500. The Hall–Kier alpha value is -1.72. The number of benzene rings is 1. The second-order valence-electron chi connectivity index (χ2n) is 6.75. The van der Waals surface area contributed by atoms with Crippen LogP contribution in [0, 0.1) is 6.92 Å². The van der Waals surface area contributed by atoms with Crippen LogP contribution in [0.25, 0.3) is 10.9 Å². The summed E-state index contributed by atoms with van der Waals surface area (Å²) in [5.41, 5.74) is 3.45. The second-order valence-corrected chi connectivity index (χ2v) is 7.19. The summed E-state index contributed by atoms with van der Waals surface area (Å²) in [5, 5.41) is 4.93. The van der Waals surface area contributed by atoms with Gasteiger partial charge in [0.25, 0.3) is 0 Å². The Morgan fingerprint density at radius 1 is 1.46 bits per heavy atom. The van der Waals surface area contributed by atoms with Crippen LogP contribution in [0.15, 0.2) is 18.2 Å². The van der Waals surface area contributed by atoms with Crippen LogP contribution in [-0.4, -0.2) is 60.6 Å². The molecule has 5 nitrogen and oxygen atoms in total. The monoisotopic (exact) mass is 348 g/mol. The largest absolute Gasteiger partial charge is 0.358 e. The number of urea groups is 1. The van der Waals surface area contributed by atoms with E-state index in [9.17, 15) is 4.79 Å². The minimum Gasteiger partial charge on any atom is -0.358 e. The first-order valence-electron chi connectivity index (χ1n) is 8.41. The van der Waals surface area contributed by atoms with Crippen molar-refractivity contribution in [1.82, 2.24) is 20.1 Å². The van der Waals surface area contributed by atoms with Crippen molar-refractivity contribution in [3.05, 3.63) is 34.5 Å². The normalized spacial score (nSPS) is 17.9. The van der Waals surface area contributed by atoms with Crippen molar-refractivity contribution in [3.8, 4) is 0 Å². The molecule has 0 aliphatic carbocycles. The number of carbonyl (C=O) groups excluding carboxylic acids is 1. The third-order valence-corrected chi connectivity index (χ3v) is 5.15. The van der Waals surface area contributed by atoms with Gasteiger partial charge in [-0.3, -0.25) is 0 Å². The molecule has 3 rings (SSSR count). The van der Waals surface area contributed by atoms with E-state index in [1.165, 1.54) is 5.56 Å². The average molecular weight is 349 g/mol. The lowest BCUT2D eigenvalue weighted by molar-refractivity contribution is 0.203. The van der Waals surface area contributed by atoms with Crippen molar-refractivity contribution < 1.29 is 4.79 Å². The maximum atomic E-state index is 12.3. The molecule has 0 bridgehead atoms. The zero-order valence-corrected chi connectivity index (χ0v) is 15.3. The number of likely N-dealkylation sites (tertiary alicyclic amines) is 1. The van der Waals surface area contributed by atoms with E-state index in [2.05, 4.69) is 36.2 Å². The van der Waals surface area contributed by atoms with Gasteiger partial charge in [-0.25, -0.2) is 4.79 Å². The number of carbonyl (C=O) groups is 1. The van der Waals surface area contributed by atoms with Gasteiger partial charge in [0, 0.05) is 47.3 Å². The van der Waals surface area contributed by atoms with Crippen LogP contribution in [0.4, 0.5) is 4.79 Å². The van der Waals surface area contributed by atoms with E-state index in [0.717, 1.165) is 47.6 Å². The number of aromatic nitrogens is 1. The summed E-state index contributed by atoms with van der Waals surface area (Å²) in [6.07, 6.45) is 1.84. The maximum Gasteiger partial charge on any atom is 0.317 e. The highest BCUT2D eigenvalue weighted by Crippen LogP contribution is 2.25. The minimum absolute atomic E-state index is 0.0369. The summed E-state index contributed by atoms with van der Waals surface area (Å²) in [7, 11) is 4.13. The molecule has 130 valence electrons. The Balaban J connectivity index is 1.58. The number of nitrogens with zero attached hydrogens (tertiary/aromatic N) is 2. The van der Waals surface area contributed by atoms with Gasteiger partial charge >= 0.3 is 6.03 Å². The molecule has 2 amide bonds. The molecule has 2 aromatic rings. The van der Waals surface area contributed by atoms with Crippen LogP contribution in [0.2, 0.25) is 5.02 Å². The molecule has 1 saturated heterocycles. The van der Waals surface area contributed by atoms with Crippen LogP contribution in [0.3, 0.4) is 0 Å². The quantitative estimate of drug-likeness (QED) is 0.892. The lowest BCUT2D eigenvalue weighted by atomic mass is 10.1. The number of halogens is 1. The van der Waals surface area contributed by atoms with Crippen molar-refractivity contribution in [2.45, 2.75) is 25.8 Å². The summed E-state index contributed by atoms with van der Waals surface area (Å²) in [6, 6.07) is 6.38. The molecule has 1 aromatic carbocycles. The van der Waals surface area contributed by atoms with Crippen molar-refractivity contribution >= 4 is 28.5 Å². The van der Waals surface area contributed by atoms with Gasteiger partial charge in [-0.1, -0.05) is 11.6 Å². The second kappa shape index (κ2) is 7.03. The minimum atomic E-state index is 0.0369.